The normalized spacial score (nSPS) is 28.1. The molecule has 46 valence electrons. The second-order valence-corrected chi connectivity index (χ2v) is 3.10. The molecule has 1 nitrogen and oxygen atoms in total. The summed E-state index contributed by atoms with van der Waals surface area (Å²) < 4.78 is 0. The molecule has 2 heteroatoms. The Morgan fingerprint density at radius 2 is 2.75 bits per heavy atom. The molecule has 1 heterocycles. The van der Waals surface area contributed by atoms with Crippen LogP contribution in [0.5, 0.6) is 0 Å². The molecule has 0 aliphatic carbocycles. The minimum absolute atomic E-state index is 0.687. The van der Waals surface area contributed by atoms with Gasteiger partial charge in [0.1, 0.15) is 0 Å². The molecule has 1 rings (SSSR count). The van der Waals surface area contributed by atoms with Crippen LogP contribution in [0, 0.1) is 0 Å². The van der Waals surface area contributed by atoms with Gasteiger partial charge in [0, 0.05) is 11.8 Å². The van der Waals surface area contributed by atoms with Gasteiger partial charge in [0.05, 0.1) is 5.03 Å². The maximum atomic E-state index is 3.80. The van der Waals surface area contributed by atoms with Crippen LogP contribution in [0.3, 0.4) is 0 Å². The number of hydrogen-bond acceptors (Lipinski definition) is 2. The van der Waals surface area contributed by atoms with Crippen molar-refractivity contribution in [1.29, 1.82) is 0 Å². The Balaban J connectivity index is 2.32. The summed E-state index contributed by atoms with van der Waals surface area (Å²) in [6.07, 6.45) is 1.21. The predicted molar refractivity (Wildman–Crippen MR) is 38.8 cm³/mol. The molecule has 1 fully saturated rings. The lowest BCUT2D eigenvalue weighted by atomic mass is 10.3. The Morgan fingerprint density at radius 1 is 2.00 bits per heavy atom. The first-order valence-corrected chi connectivity index (χ1v) is 3.89. The smallest absolute Gasteiger partial charge is 0.0611 e. The van der Waals surface area contributed by atoms with Crippen molar-refractivity contribution in [1.82, 2.24) is 5.32 Å². The minimum atomic E-state index is 0.687. The Bertz CT molecular complexity index is 101. The van der Waals surface area contributed by atoms with Gasteiger partial charge in [-0.3, -0.25) is 0 Å². The fraction of sp³-hybridized carbons (Fsp3) is 0.667. The SMILES string of the molecule is C=C1NC(CC)CS1. The van der Waals surface area contributed by atoms with Gasteiger partial charge in [0.15, 0.2) is 0 Å². The van der Waals surface area contributed by atoms with Crippen LogP contribution in [0.25, 0.3) is 0 Å². The zero-order chi connectivity index (χ0) is 5.98. The predicted octanol–water partition coefficient (Wildman–Crippen LogP) is 1.57. The van der Waals surface area contributed by atoms with Gasteiger partial charge >= 0.3 is 0 Å². The van der Waals surface area contributed by atoms with Crippen LogP contribution in [0.15, 0.2) is 11.6 Å². The first-order chi connectivity index (χ1) is 3.83. The van der Waals surface area contributed by atoms with Crippen molar-refractivity contribution in [3.63, 3.8) is 0 Å². The van der Waals surface area contributed by atoms with Crippen molar-refractivity contribution in [3.8, 4) is 0 Å². The molecule has 1 saturated heterocycles. The highest BCUT2D eigenvalue weighted by molar-refractivity contribution is 8.03. The topological polar surface area (TPSA) is 12.0 Å². The summed E-state index contributed by atoms with van der Waals surface area (Å²) in [6.45, 7) is 6.00. The van der Waals surface area contributed by atoms with Gasteiger partial charge in [0.2, 0.25) is 0 Å². The average molecular weight is 129 g/mol. The van der Waals surface area contributed by atoms with Crippen LogP contribution >= 0.6 is 11.8 Å². The van der Waals surface area contributed by atoms with Crippen LogP contribution in [-0.4, -0.2) is 11.8 Å². The number of nitrogens with one attached hydrogen (secondary N) is 1. The largest absolute Gasteiger partial charge is 0.377 e. The van der Waals surface area contributed by atoms with Crippen molar-refractivity contribution in [2.45, 2.75) is 19.4 Å². The molecule has 0 spiro atoms. The van der Waals surface area contributed by atoms with Crippen LogP contribution in [0.2, 0.25) is 0 Å². The van der Waals surface area contributed by atoms with E-state index in [-0.39, 0.29) is 0 Å². The molecule has 1 N–H and O–H groups in total. The lowest BCUT2D eigenvalue weighted by Gasteiger charge is -2.03. The standard InChI is InChI=1S/C6H11NS/c1-3-6-4-8-5(2)7-6/h6-7H,2-4H2,1H3. The fourth-order valence-electron chi connectivity index (χ4n) is 0.732. The Labute approximate surface area is 54.5 Å². The summed E-state index contributed by atoms with van der Waals surface area (Å²) in [4.78, 5) is 0. The number of thioether (sulfide) groups is 1. The van der Waals surface area contributed by atoms with Gasteiger partial charge in [-0.1, -0.05) is 13.5 Å². The summed E-state index contributed by atoms with van der Waals surface area (Å²) >= 11 is 1.82. The molecule has 0 bridgehead atoms. The summed E-state index contributed by atoms with van der Waals surface area (Å²) in [5.41, 5.74) is 0. The maximum Gasteiger partial charge on any atom is 0.0611 e. The second-order valence-electron chi connectivity index (χ2n) is 1.98. The molecule has 1 aliphatic heterocycles. The van der Waals surface area contributed by atoms with Crippen molar-refractivity contribution in [2.24, 2.45) is 0 Å². The highest BCUT2D eigenvalue weighted by Gasteiger charge is 2.13. The molecule has 0 aromatic heterocycles. The van der Waals surface area contributed by atoms with Crippen molar-refractivity contribution in [2.75, 3.05) is 5.75 Å². The molecule has 1 atom stereocenters. The quantitative estimate of drug-likeness (QED) is 0.577. The van der Waals surface area contributed by atoms with E-state index in [1.165, 1.54) is 12.2 Å². The van der Waals surface area contributed by atoms with Gasteiger partial charge in [0.25, 0.3) is 0 Å². The molecule has 0 aromatic carbocycles. The van der Waals surface area contributed by atoms with E-state index in [4.69, 9.17) is 0 Å². The van der Waals surface area contributed by atoms with Crippen molar-refractivity contribution >= 4 is 11.8 Å². The highest BCUT2D eigenvalue weighted by Crippen LogP contribution is 2.21. The van der Waals surface area contributed by atoms with Crippen LogP contribution in [0.1, 0.15) is 13.3 Å². The van der Waals surface area contributed by atoms with Gasteiger partial charge in [-0.15, -0.1) is 11.8 Å². The Hall–Kier alpha value is -0.110. The zero-order valence-corrected chi connectivity index (χ0v) is 5.92. The minimum Gasteiger partial charge on any atom is -0.377 e. The Kier molecular flexibility index (Phi) is 1.84. The lowest BCUT2D eigenvalue weighted by Crippen LogP contribution is -2.20. The highest BCUT2D eigenvalue weighted by atomic mass is 32.2. The molecular formula is C6H11NS. The van der Waals surface area contributed by atoms with E-state index >= 15 is 0 Å². The third-order valence-corrected chi connectivity index (χ3v) is 2.35. The molecule has 0 radical (unpaired) electrons. The molecule has 1 aliphatic rings. The van der Waals surface area contributed by atoms with Gasteiger partial charge in [-0.25, -0.2) is 0 Å². The zero-order valence-electron chi connectivity index (χ0n) is 5.11. The molecule has 0 amide bonds. The van der Waals surface area contributed by atoms with Gasteiger partial charge < -0.3 is 5.32 Å². The van der Waals surface area contributed by atoms with E-state index in [0.717, 1.165) is 5.03 Å². The summed E-state index contributed by atoms with van der Waals surface area (Å²) in [7, 11) is 0. The molecule has 8 heavy (non-hydrogen) atoms. The van der Waals surface area contributed by atoms with E-state index in [1.807, 2.05) is 11.8 Å². The number of rotatable bonds is 1. The van der Waals surface area contributed by atoms with Crippen LogP contribution in [0.4, 0.5) is 0 Å². The van der Waals surface area contributed by atoms with E-state index < -0.39 is 0 Å². The van der Waals surface area contributed by atoms with Crippen molar-refractivity contribution < 1.29 is 0 Å². The van der Waals surface area contributed by atoms with Crippen molar-refractivity contribution in [3.05, 3.63) is 11.6 Å². The maximum absolute atomic E-state index is 3.80. The molecule has 0 aromatic rings. The van der Waals surface area contributed by atoms with E-state index in [0.29, 0.717) is 6.04 Å². The third kappa shape index (κ3) is 1.19. The molecule has 1 unspecified atom stereocenters. The first-order valence-electron chi connectivity index (χ1n) is 2.91. The second kappa shape index (κ2) is 2.44. The molecule has 0 saturated carbocycles. The first kappa shape index (κ1) is 6.02. The lowest BCUT2D eigenvalue weighted by molar-refractivity contribution is 0.641. The van der Waals surface area contributed by atoms with Gasteiger partial charge in [-0.2, -0.15) is 0 Å². The fourth-order valence-corrected chi connectivity index (χ4v) is 1.70. The summed E-state index contributed by atoms with van der Waals surface area (Å²) in [5, 5.41) is 4.41. The summed E-state index contributed by atoms with van der Waals surface area (Å²) in [6, 6.07) is 0.687. The van der Waals surface area contributed by atoms with Gasteiger partial charge in [-0.05, 0) is 6.42 Å². The number of hydrogen-bond donors (Lipinski definition) is 1. The molecular weight excluding hydrogens is 118 g/mol. The van der Waals surface area contributed by atoms with E-state index in [1.54, 1.807) is 0 Å². The monoisotopic (exact) mass is 129 g/mol. The third-order valence-electron chi connectivity index (χ3n) is 1.32. The van der Waals surface area contributed by atoms with E-state index in [2.05, 4.69) is 18.8 Å². The van der Waals surface area contributed by atoms with Crippen LogP contribution in [-0.2, 0) is 0 Å². The summed E-state index contributed by atoms with van der Waals surface area (Å²) in [5.74, 6) is 1.20. The Morgan fingerprint density at radius 3 is 3.00 bits per heavy atom. The average Bonchev–Trinajstić information content (AvgIpc) is 2.14. The van der Waals surface area contributed by atoms with E-state index in [9.17, 15) is 0 Å². The van der Waals surface area contributed by atoms with Crippen LogP contribution < -0.4 is 5.32 Å².